The molecule has 22 heavy (non-hydrogen) atoms. The highest BCUT2D eigenvalue weighted by Gasteiger charge is 2.28. The van der Waals surface area contributed by atoms with Gasteiger partial charge >= 0.3 is 6.18 Å². The zero-order valence-electron chi connectivity index (χ0n) is 11.7. The predicted molar refractivity (Wildman–Crippen MR) is 78.7 cm³/mol. The van der Waals surface area contributed by atoms with Crippen LogP contribution in [0, 0.1) is 6.92 Å². The first-order chi connectivity index (χ1) is 10.4. The van der Waals surface area contributed by atoms with Gasteiger partial charge in [-0.3, -0.25) is 0 Å². The van der Waals surface area contributed by atoms with Crippen LogP contribution in [0.15, 0.2) is 35.7 Å². The number of alkyl halides is 3. The Bertz CT molecular complexity index is 791. The monoisotopic (exact) mass is 326 g/mol. The number of hydrogen-bond acceptors (Lipinski definition) is 3. The van der Waals surface area contributed by atoms with E-state index in [0.29, 0.717) is 16.7 Å². The molecule has 0 bridgehead atoms. The lowest BCUT2D eigenvalue weighted by molar-refractivity contribution is -0.140. The minimum Gasteiger partial charge on any atom is -0.333 e. The van der Waals surface area contributed by atoms with Gasteiger partial charge in [0.25, 0.3) is 0 Å². The molecule has 2 aromatic heterocycles. The highest BCUT2D eigenvalue weighted by atomic mass is 32.2. The summed E-state index contributed by atoms with van der Waals surface area (Å²) >= 11 is 1.33. The molecular weight excluding hydrogens is 313 g/mol. The molecule has 0 saturated heterocycles. The van der Waals surface area contributed by atoms with Gasteiger partial charge in [-0.1, -0.05) is 17.8 Å². The molecule has 0 amide bonds. The summed E-state index contributed by atoms with van der Waals surface area (Å²) in [4.78, 5) is 11.5. The third-order valence-electron chi connectivity index (χ3n) is 3.10. The molecule has 0 fully saturated rings. The van der Waals surface area contributed by atoms with Crippen molar-refractivity contribution in [2.45, 2.75) is 30.6 Å². The number of aromatic nitrogens is 4. The maximum atomic E-state index is 12.5. The zero-order valence-corrected chi connectivity index (χ0v) is 12.5. The first-order valence-corrected chi connectivity index (χ1v) is 7.55. The Hall–Kier alpha value is -1.96. The standard InChI is InChI=1S/C14H13F3N4S/c1-9-2-3-10-11(6-9)20-13(19-10)22-7-12-18-4-5-21(12)8-14(15,16)17/h2-6H,7-8H2,1H3,(H,19,20). The average Bonchev–Trinajstić information content (AvgIpc) is 3.00. The van der Waals surface area contributed by atoms with Crippen LogP contribution in [0.4, 0.5) is 13.2 Å². The number of aryl methyl sites for hydroxylation is 1. The minimum atomic E-state index is -4.25. The number of H-pyrrole nitrogens is 1. The van der Waals surface area contributed by atoms with Gasteiger partial charge in [-0.05, 0) is 24.6 Å². The van der Waals surface area contributed by atoms with E-state index >= 15 is 0 Å². The van der Waals surface area contributed by atoms with Crippen molar-refractivity contribution in [2.75, 3.05) is 0 Å². The van der Waals surface area contributed by atoms with E-state index in [2.05, 4.69) is 15.0 Å². The Balaban J connectivity index is 1.73. The van der Waals surface area contributed by atoms with Crippen LogP contribution in [-0.2, 0) is 12.3 Å². The molecule has 4 nitrogen and oxygen atoms in total. The fraction of sp³-hybridized carbons (Fsp3) is 0.286. The van der Waals surface area contributed by atoms with Gasteiger partial charge in [0.15, 0.2) is 5.16 Å². The highest BCUT2D eigenvalue weighted by Crippen LogP contribution is 2.24. The fourth-order valence-electron chi connectivity index (χ4n) is 2.12. The van der Waals surface area contributed by atoms with Gasteiger partial charge in [-0.15, -0.1) is 0 Å². The van der Waals surface area contributed by atoms with Gasteiger partial charge in [-0.2, -0.15) is 13.2 Å². The molecule has 3 aromatic rings. The van der Waals surface area contributed by atoms with Crippen LogP contribution in [0.3, 0.4) is 0 Å². The molecule has 0 saturated carbocycles. The van der Waals surface area contributed by atoms with Crippen molar-refractivity contribution in [2.24, 2.45) is 0 Å². The first-order valence-electron chi connectivity index (χ1n) is 6.57. The number of aromatic amines is 1. The summed E-state index contributed by atoms with van der Waals surface area (Å²) in [6.07, 6.45) is -1.54. The molecule has 0 aliphatic carbocycles. The van der Waals surface area contributed by atoms with Gasteiger partial charge in [0.2, 0.25) is 0 Å². The first kappa shape index (κ1) is 15.0. The summed E-state index contributed by atoms with van der Waals surface area (Å²) in [7, 11) is 0. The number of nitrogens with zero attached hydrogens (tertiary/aromatic N) is 3. The second kappa shape index (κ2) is 5.68. The Labute approximate surface area is 128 Å². The number of hydrogen-bond donors (Lipinski definition) is 1. The van der Waals surface area contributed by atoms with Crippen molar-refractivity contribution in [3.8, 4) is 0 Å². The summed E-state index contributed by atoms with van der Waals surface area (Å²) < 4.78 is 38.5. The topological polar surface area (TPSA) is 46.5 Å². The normalized spacial score (nSPS) is 12.2. The fourth-order valence-corrected chi connectivity index (χ4v) is 2.97. The van der Waals surface area contributed by atoms with Crippen LogP contribution < -0.4 is 0 Å². The van der Waals surface area contributed by atoms with Gasteiger partial charge in [-0.25, -0.2) is 9.97 Å². The molecule has 0 unspecified atom stereocenters. The third kappa shape index (κ3) is 3.44. The lowest BCUT2D eigenvalue weighted by atomic mass is 10.2. The molecule has 0 spiro atoms. The van der Waals surface area contributed by atoms with E-state index < -0.39 is 12.7 Å². The number of rotatable bonds is 4. The van der Waals surface area contributed by atoms with E-state index in [0.717, 1.165) is 21.2 Å². The van der Waals surface area contributed by atoms with Crippen LogP contribution in [0.1, 0.15) is 11.4 Å². The molecule has 8 heteroatoms. The Morgan fingerprint density at radius 2 is 2.14 bits per heavy atom. The number of benzene rings is 1. The van der Waals surface area contributed by atoms with E-state index in [-0.39, 0.29) is 0 Å². The molecule has 0 aliphatic heterocycles. The van der Waals surface area contributed by atoms with Crippen molar-refractivity contribution in [3.63, 3.8) is 0 Å². The van der Waals surface area contributed by atoms with E-state index in [1.54, 1.807) is 0 Å². The van der Waals surface area contributed by atoms with Gasteiger partial charge in [0, 0.05) is 12.4 Å². The van der Waals surface area contributed by atoms with E-state index in [4.69, 9.17) is 0 Å². The average molecular weight is 326 g/mol. The third-order valence-corrected chi connectivity index (χ3v) is 3.97. The van der Waals surface area contributed by atoms with Crippen molar-refractivity contribution in [1.29, 1.82) is 0 Å². The Kier molecular flexibility index (Phi) is 3.86. The molecule has 116 valence electrons. The number of thioether (sulfide) groups is 1. The Morgan fingerprint density at radius 1 is 1.32 bits per heavy atom. The van der Waals surface area contributed by atoms with E-state index in [9.17, 15) is 13.2 Å². The molecule has 2 heterocycles. The van der Waals surface area contributed by atoms with Gasteiger partial charge in [0.1, 0.15) is 12.4 Å². The zero-order chi connectivity index (χ0) is 15.7. The summed E-state index contributed by atoms with van der Waals surface area (Å²) in [5.74, 6) is 0.695. The number of nitrogens with one attached hydrogen (secondary N) is 1. The number of imidazole rings is 2. The molecule has 0 aliphatic rings. The van der Waals surface area contributed by atoms with Crippen molar-refractivity contribution < 1.29 is 13.2 Å². The van der Waals surface area contributed by atoms with Crippen LogP contribution >= 0.6 is 11.8 Å². The SMILES string of the molecule is Cc1ccc2nc(SCc3nccn3CC(F)(F)F)[nH]c2c1. The maximum Gasteiger partial charge on any atom is 0.406 e. The van der Waals surface area contributed by atoms with E-state index in [1.165, 1.54) is 24.2 Å². The lowest BCUT2D eigenvalue weighted by Crippen LogP contribution is -2.18. The van der Waals surface area contributed by atoms with Crippen molar-refractivity contribution in [3.05, 3.63) is 42.0 Å². The van der Waals surface area contributed by atoms with Crippen molar-refractivity contribution in [1.82, 2.24) is 19.5 Å². The number of fused-ring (bicyclic) bond motifs is 1. The molecule has 3 rings (SSSR count). The predicted octanol–water partition coefficient (Wildman–Crippen LogP) is 3.92. The molecule has 1 N–H and O–H groups in total. The minimum absolute atomic E-state index is 0.321. The quantitative estimate of drug-likeness (QED) is 0.739. The molecular formula is C14H13F3N4S. The lowest BCUT2D eigenvalue weighted by Gasteiger charge is -2.09. The van der Waals surface area contributed by atoms with Gasteiger partial charge < -0.3 is 9.55 Å². The second-order valence-electron chi connectivity index (χ2n) is 4.94. The van der Waals surface area contributed by atoms with Crippen molar-refractivity contribution >= 4 is 22.8 Å². The smallest absolute Gasteiger partial charge is 0.333 e. The highest BCUT2D eigenvalue weighted by molar-refractivity contribution is 7.98. The van der Waals surface area contributed by atoms with Crippen LogP contribution in [-0.4, -0.2) is 25.7 Å². The summed E-state index contributed by atoms with van der Waals surface area (Å²) in [5.41, 5.74) is 2.88. The molecule has 1 aromatic carbocycles. The summed E-state index contributed by atoms with van der Waals surface area (Å²) in [6, 6.07) is 5.86. The number of halogens is 3. The van der Waals surface area contributed by atoms with E-state index in [1.807, 2.05) is 25.1 Å². The molecule has 0 atom stereocenters. The van der Waals surface area contributed by atoms with Crippen LogP contribution in [0.2, 0.25) is 0 Å². The van der Waals surface area contributed by atoms with Crippen LogP contribution in [0.5, 0.6) is 0 Å². The van der Waals surface area contributed by atoms with Crippen LogP contribution in [0.25, 0.3) is 11.0 Å². The summed E-state index contributed by atoms with van der Waals surface area (Å²) in [6.45, 7) is 0.962. The largest absolute Gasteiger partial charge is 0.406 e. The molecule has 0 radical (unpaired) electrons. The maximum absolute atomic E-state index is 12.5. The second-order valence-corrected chi connectivity index (χ2v) is 5.90. The summed E-state index contributed by atoms with van der Waals surface area (Å²) in [5, 5.41) is 0.669. The van der Waals surface area contributed by atoms with Gasteiger partial charge in [0.05, 0.1) is 16.8 Å². The Morgan fingerprint density at radius 3 is 2.91 bits per heavy atom.